The first-order valence-electron chi connectivity index (χ1n) is 6.39. The van der Waals surface area contributed by atoms with Crippen molar-refractivity contribution in [3.63, 3.8) is 0 Å². The molecule has 1 aromatic heterocycles. The highest BCUT2D eigenvalue weighted by Gasteiger charge is 2.19. The Morgan fingerprint density at radius 2 is 2.11 bits per heavy atom. The highest BCUT2D eigenvalue weighted by molar-refractivity contribution is 5.79. The molecule has 0 radical (unpaired) electrons. The van der Waals surface area contributed by atoms with Gasteiger partial charge in [-0.25, -0.2) is 4.68 Å². The largest absolute Gasteiger partial charge is 0.387 e. The maximum atomic E-state index is 11.9. The van der Waals surface area contributed by atoms with Gasteiger partial charge in [0, 0.05) is 6.04 Å². The highest BCUT2D eigenvalue weighted by atomic mass is 16.3. The summed E-state index contributed by atoms with van der Waals surface area (Å²) >= 11 is 0. The standard InChI is InChI=1S/C12H22N4O2/c1-5-8(3)13-12(18)9(4)16-7-10(14-15-16)11(17)6-2/h7-9,11,17H,5-6H2,1-4H3,(H,13,18). The molecule has 0 aliphatic rings. The molecule has 6 heteroatoms. The minimum atomic E-state index is -0.622. The number of aliphatic hydroxyl groups excluding tert-OH is 1. The molecule has 1 aromatic rings. The first kappa shape index (κ1) is 14.6. The van der Waals surface area contributed by atoms with Crippen LogP contribution in [0.4, 0.5) is 0 Å². The van der Waals surface area contributed by atoms with E-state index in [9.17, 15) is 9.90 Å². The summed E-state index contributed by atoms with van der Waals surface area (Å²) in [7, 11) is 0. The molecule has 1 amide bonds. The summed E-state index contributed by atoms with van der Waals surface area (Å²) in [6, 6.07) is -0.284. The zero-order valence-electron chi connectivity index (χ0n) is 11.4. The maximum Gasteiger partial charge on any atom is 0.244 e. The van der Waals surface area contributed by atoms with Gasteiger partial charge in [-0.15, -0.1) is 5.10 Å². The van der Waals surface area contributed by atoms with Gasteiger partial charge in [0.05, 0.1) is 12.3 Å². The molecule has 0 fully saturated rings. The van der Waals surface area contributed by atoms with Crippen molar-refractivity contribution < 1.29 is 9.90 Å². The fraction of sp³-hybridized carbons (Fsp3) is 0.750. The van der Waals surface area contributed by atoms with Crippen molar-refractivity contribution in [3.05, 3.63) is 11.9 Å². The Morgan fingerprint density at radius 3 is 2.67 bits per heavy atom. The second-order valence-electron chi connectivity index (χ2n) is 4.54. The molecule has 1 heterocycles. The lowest BCUT2D eigenvalue weighted by molar-refractivity contribution is -0.124. The van der Waals surface area contributed by atoms with Gasteiger partial charge in [0.2, 0.25) is 5.91 Å². The van der Waals surface area contributed by atoms with Crippen LogP contribution in [-0.2, 0) is 4.79 Å². The van der Waals surface area contributed by atoms with Gasteiger partial charge in [-0.05, 0) is 26.7 Å². The summed E-state index contributed by atoms with van der Waals surface area (Å²) in [6.45, 7) is 7.59. The van der Waals surface area contributed by atoms with E-state index in [2.05, 4.69) is 15.6 Å². The van der Waals surface area contributed by atoms with Crippen molar-refractivity contribution in [1.29, 1.82) is 0 Å². The van der Waals surface area contributed by atoms with Crippen LogP contribution < -0.4 is 5.32 Å². The average molecular weight is 254 g/mol. The molecular formula is C12H22N4O2. The van der Waals surface area contributed by atoms with Gasteiger partial charge in [0.15, 0.2) is 0 Å². The topological polar surface area (TPSA) is 80.0 Å². The predicted molar refractivity (Wildman–Crippen MR) is 67.9 cm³/mol. The molecule has 1 rings (SSSR count). The average Bonchev–Trinajstić information content (AvgIpc) is 2.86. The molecule has 3 atom stereocenters. The molecule has 102 valence electrons. The Labute approximate surface area is 107 Å². The smallest absolute Gasteiger partial charge is 0.244 e. The number of carbonyl (C=O) groups excluding carboxylic acids is 1. The Bertz CT molecular complexity index is 391. The monoisotopic (exact) mass is 254 g/mol. The molecule has 2 N–H and O–H groups in total. The molecule has 3 unspecified atom stereocenters. The maximum absolute atomic E-state index is 11.9. The molecule has 0 aliphatic heterocycles. The van der Waals surface area contributed by atoms with Crippen LogP contribution in [0.1, 0.15) is 58.4 Å². The quantitative estimate of drug-likeness (QED) is 0.799. The molecule has 0 aliphatic carbocycles. The lowest BCUT2D eigenvalue weighted by Gasteiger charge is -2.16. The highest BCUT2D eigenvalue weighted by Crippen LogP contribution is 2.14. The Balaban J connectivity index is 2.69. The first-order valence-corrected chi connectivity index (χ1v) is 6.39. The summed E-state index contributed by atoms with van der Waals surface area (Å²) in [5.41, 5.74) is 0.501. The number of aliphatic hydroxyl groups is 1. The van der Waals surface area contributed by atoms with Crippen LogP contribution in [0.5, 0.6) is 0 Å². The van der Waals surface area contributed by atoms with Crippen molar-refractivity contribution >= 4 is 5.91 Å². The Morgan fingerprint density at radius 1 is 1.44 bits per heavy atom. The molecule has 0 spiro atoms. The number of rotatable bonds is 6. The van der Waals surface area contributed by atoms with Gasteiger partial charge >= 0.3 is 0 Å². The van der Waals surface area contributed by atoms with Crippen LogP contribution in [0.15, 0.2) is 6.20 Å². The number of nitrogens with zero attached hydrogens (tertiary/aromatic N) is 3. The van der Waals surface area contributed by atoms with E-state index in [1.54, 1.807) is 13.1 Å². The SMILES string of the molecule is CCC(C)NC(=O)C(C)n1cc(C(O)CC)nn1. The van der Waals surface area contributed by atoms with E-state index < -0.39 is 12.1 Å². The van der Waals surface area contributed by atoms with E-state index in [-0.39, 0.29) is 11.9 Å². The number of aromatic nitrogens is 3. The summed E-state index contributed by atoms with van der Waals surface area (Å²) in [5, 5.41) is 20.3. The van der Waals surface area contributed by atoms with Crippen LogP contribution >= 0.6 is 0 Å². The van der Waals surface area contributed by atoms with E-state index in [1.165, 1.54) is 4.68 Å². The van der Waals surface area contributed by atoms with Crippen LogP contribution in [0.3, 0.4) is 0 Å². The number of hydrogen-bond donors (Lipinski definition) is 2. The molecule has 18 heavy (non-hydrogen) atoms. The van der Waals surface area contributed by atoms with Crippen molar-refractivity contribution in [2.24, 2.45) is 0 Å². The minimum Gasteiger partial charge on any atom is -0.387 e. The molecule has 0 aromatic carbocycles. The number of nitrogens with one attached hydrogen (secondary N) is 1. The Hall–Kier alpha value is -1.43. The molecule has 0 saturated carbocycles. The lowest BCUT2D eigenvalue weighted by Crippen LogP contribution is -2.37. The summed E-state index contributed by atoms with van der Waals surface area (Å²) < 4.78 is 1.48. The zero-order valence-corrected chi connectivity index (χ0v) is 11.4. The second-order valence-corrected chi connectivity index (χ2v) is 4.54. The number of amides is 1. The Kier molecular flexibility index (Phi) is 5.27. The van der Waals surface area contributed by atoms with E-state index in [0.717, 1.165) is 6.42 Å². The predicted octanol–water partition coefficient (Wildman–Crippen LogP) is 1.20. The first-order chi connectivity index (χ1) is 8.49. The van der Waals surface area contributed by atoms with Crippen LogP contribution in [0.2, 0.25) is 0 Å². The van der Waals surface area contributed by atoms with E-state index in [1.807, 2.05) is 20.8 Å². The lowest BCUT2D eigenvalue weighted by atomic mass is 10.2. The van der Waals surface area contributed by atoms with Crippen molar-refractivity contribution in [2.45, 2.75) is 58.7 Å². The summed E-state index contributed by atoms with van der Waals surface area (Å²) in [4.78, 5) is 11.9. The third-order valence-electron chi connectivity index (χ3n) is 3.03. The van der Waals surface area contributed by atoms with Crippen molar-refractivity contribution in [1.82, 2.24) is 20.3 Å². The van der Waals surface area contributed by atoms with Gasteiger partial charge in [-0.2, -0.15) is 0 Å². The van der Waals surface area contributed by atoms with Crippen LogP contribution in [-0.4, -0.2) is 32.0 Å². The van der Waals surface area contributed by atoms with Gasteiger partial charge in [0.25, 0.3) is 0 Å². The van der Waals surface area contributed by atoms with Gasteiger partial charge in [0.1, 0.15) is 11.7 Å². The summed E-state index contributed by atoms with van der Waals surface area (Å²) in [5.74, 6) is -0.0909. The third kappa shape index (κ3) is 3.53. The van der Waals surface area contributed by atoms with E-state index in [4.69, 9.17) is 0 Å². The molecule has 0 bridgehead atoms. The summed E-state index contributed by atoms with van der Waals surface area (Å²) in [6.07, 6.45) is 2.46. The molecule has 0 saturated heterocycles. The molecule has 6 nitrogen and oxygen atoms in total. The van der Waals surface area contributed by atoms with E-state index in [0.29, 0.717) is 12.1 Å². The van der Waals surface area contributed by atoms with Crippen LogP contribution in [0.25, 0.3) is 0 Å². The fourth-order valence-electron chi connectivity index (χ4n) is 1.43. The minimum absolute atomic E-state index is 0.0909. The van der Waals surface area contributed by atoms with Gasteiger partial charge in [-0.1, -0.05) is 19.1 Å². The van der Waals surface area contributed by atoms with Crippen LogP contribution in [0, 0.1) is 0 Å². The van der Waals surface area contributed by atoms with E-state index >= 15 is 0 Å². The normalized spacial score (nSPS) is 16.1. The third-order valence-corrected chi connectivity index (χ3v) is 3.03. The van der Waals surface area contributed by atoms with Gasteiger partial charge < -0.3 is 10.4 Å². The van der Waals surface area contributed by atoms with Crippen molar-refractivity contribution in [3.8, 4) is 0 Å². The number of hydrogen-bond acceptors (Lipinski definition) is 4. The van der Waals surface area contributed by atoms with Gasteiger partial charge in [-0.3, -0.25) is 4.79 Å². The number of carbonyl (C=O) groups is 1. The second kappa shape index (κ2) is 6.49. The zero-order chi connectivity index (χ0) is 13.7. The molecular weight excluding hydrogens is 232 g/mol. The fourth-order valence-corrected chi connectivity index (χ4v) is 1.43. The van der Waals surface area contributed by atoms with Crippen molar-refractivity contribution in [2.75, 3.05) is 0 Å².